The highest BCUT2D eigenvalue weighted by atomic mass is 32.1. The van der Waals surface area contributed by atoms with Crippen molar-refractivity contribution in [1.82, 2.24) is 20.4 Å². The molecule has 1 unspecified atom stereocenters. The summed E-state index contributed by atoms with van der Waals surface area (Å²) < 4.78 is 5.87. The number of rotatable bonds is 6. The predicted molar refractivity (Wildman–Crippen MR) is 109 cm³/mol. The summed E-state index contributed by atoms with van der Waals surface area (Å²) in [6.45, 7) is 2.07. The highest BCUT2D eigenvalue weighted by molar-refractivity contribution is 7.13. The van der Waals surface area contributed by atoms with E-state index in [1.54, 1.807) is 11.3 Å². The van der Waals surface area contributed by atoms with Crippen LogP contribution in [0.5, 0.6) is 0 Å². The van der Waals surface area contributed by atoms with Crippen LogP contribution in [0, 0.1) is 0 Å². The number of aryl methyl sites for hydroxylation is 1. The zero-order chi connectivity index (χ0) is 19.2. The van der Waals surface area contributed by atoms with Gasteiger partial charge in [0.2, 0.25) is 5.89 Å². The van der Waals surface area contributed by atoms with Crippen molar-refractivity contribution in [1.29, 1.82) is 0 Å². The van der Waals surface area contributed by atoms with E-state index in [1.807, 2.05) is 40.6 Å². The highest BCUT2D eigenvalue weighted by Gasteiger charge is 2.28. The second-order valence-corrected chi connectivity index (χ2v) is 7.98. The molecule has 2 aromatic heterocycles. The minimum Gasteiger partial charge on any atom is -0.420 e. The maximum Gasteiger partial charge on any atom is 0.317 e. The molecule has 1 saturated heterocycles. The Hall–Kier alpha value is -2.67. The number of nitrogens with one attached hydrogen (secondary N) is 1. The number of likely N-dealkylation sites (tertiary alicyclic amines) is 1. The topological polar surface area (TPSA) is 71.3 Å². The summed E-state index contributed by atoms with van der Waals surface area (Å²) in [5.41, 5.74) is 1.30. The van der Waals surface area contributed by atoms with Crippen molar-refractivity contribution in [2.75, 3.05) is 19.6 Å². The third kappa shape index (κ3) is 4.59. The molecule has 1 atom stereocenters. The van der Waals surface area contributed by atoms with Gasteiger partial charge in [-0.05, 0) is 42.7 Å². The lowest BCUT2D eigenvalue weighted by Crippen LogP contribution is -2.45. The molecule has 4 rings (SSSR count). The molecule has 1 aromatic carbocycles. The Morgan fingerprint density at radius 3 is 2.93 bits per heavy atom. The number of aromatic nitrogens is 2. The lowest BCUT2D eigenvalue weighted by molar-refractivity contribution is 0.174. The van der Waals surface area contributed by atoms with Crippen molar-refractivity contribution in [3.8, 4) is 10.8 Å². The average molecular weight is 397 g/mol. The monoisotopic (exact) mass is 396 g/mol. The molecular formula is C21H24N4O2S. The molecule has 1 fully saturated rings. The molecule has 3 aromatic rings. The summed E-state index contributed by atoms with van der Waals surface area (Å²) in [6.07, 6.45) is 3.81. The second kappa shape index (κ2) is 9.01. The van der Waals surface area contributed by atoms with Crippen LogP contribution < -0.4 is 5.32 Å². The van der Waals surface area contributed by atoms with E-state index >= 15 is 0 Å². The van der Waals surface area contributed by atoms with Crippen molar-refractivity contribution in [3.05, 3.63) is 59.3 Å². The Labute approximate surface area is 168 Å². The minimum atomic E-state index is -0.00393. The first-order valence-corrected chi connectivity index (χ1v) is 10.6. The number of nitrogens with zero attached hydrogens (tertiary/aromatic N) is 3. The average Bonchev–Trinajstić information content (AvgIpc) is 3.44. The molecule has 2 amide bonds. The second-order valence-electron chi connectivity index (χ2n) is 7.03. The molecule has 0 bridgehead atoms. The van der Waals surface area contributed by atoms with Crippen LogP contribution in [0.4, 0.5) is 4.79 Å². The first-order chi connectivity index (χ1) is 13.8. The van der Waals surface area contributed by atoms with Gasteiger partial charge in [0.25, 0.3) is 5.89 Å². The Kier molecular flexibility index (Phi) is 6.01. The standard InChI is InChI=1S/C21H24N4O2S/c26-21(22-12-4-9-16-7-2-1-3-8-16)25-13-5-10-17(15-25)19-23-24-20(27-19)18-11-6-14-28-18/h1-3,6-8,11,14,17H,4-5,9-10,12-13,15H2,(H,22,26). The maximum absolute atomic E-state index is 12.5. The molecule has 0 aliphatic carbocycles. The molecule has 3 heterocycles. The Bertz CT molecular complexity index is 879. The Morgan fingerprint density at radius 1 is 1.21 bits per heavy atom. The van der Waals surface area contributed by atoms with Crippen molar-refractivity contribution >= 4 is 17.4 Å². The number of amides is 2. The lowest BCUT2D eigenvalue weighted by Gasteiger charge is -2.31. The van der Waals surface area contributed by atoms with E-state index in [-0.39, 0.29) is 11.9 Å². The number of hydrogen-bond acceptors (Lipinski definition) is 5. The number of benzene rings is 1. The van der Waals surface area contributed by atoms with Gasteiger partial charge in [0.15, 0.2) is 0 Å². The molecule has 1 aliphatic heterocycles. The van der Waals surface area contributed by atoms with Gasteiger partial charge in [0.1, 0.15) is 0 Å². The maximum atomic E-state index is 12.5. The molecule has 7 heteroatoms. The summed E-state index contributed by atoms with van der Waals surface area (Å²) in [5.74, 6) is 1.29. The third-order valence-corrected chi connectivity index (χ3v) is 5.85. The smallest absolute Gasteiger partial charge is 0.317 e. The van der Waals surface area contributed by atoms with Crippen molar-refractivity contribution in [2.45, 2.75) is 31.6 Å². The summed E-state index contributed by atoms with van der Waals surface area (Å²) in [4.78, 5) is 15.4. The number of piperidine rings is 1. The quantitative estimate of drug-likeness (QED) is 0.630. The highest BCUT2D eigenvalue weighted by Crippen LogP contribution is 2.29. The molecule has 0 spiro atoms. The van der Waals surface area contributed by atoms with Gasteiger partial charge >= 0.3 is 6.03 Å². The van der Waals surface area contributed by atoms with E-state index in [2.05, 4.69) is 27.6 Å². The fourth-order valence-corrected chi connectivity index (χ4v) is 4.15. The van der Waals surface area contributed by atoms with Crippen LogP contribution in [0.3, 0.4) is 0 Å². The number of urea groups is 1. The molecule has 1 aliphatic rings. The van der Waals surface area contributed by atoms with E-state index in [1.165, 1.54) is 5.56 Å². The van der Waals surface area contributed by atoms with Gasteiger partial charge in [-0.3, -0.25) is 0 Å². The molecule has 146 valence electrons. The molecule has 6 nitrogen and oxygen atoms in total. The van der Waals surface area contributed by atoms with Gasteiger partial charge in [0.05, 0.1) is 10.8 Å². The summed E-state index contributed by atoms with van der Waals surface area (Å²) >= 11 is 1.58. The zero-order valence-electron chi connectivity index (χ0n) is 15.7. The summed E-state index contributed by atoms with van der Waals surface area (Å²) in [6, 6.07) is 14.3. The third-order valence-electron chi connectivity index (χ3n) is 4.99. The number of carbonyl (C=O) groups excluding carboxylic acids is 1. The summed E-state index contributed by atoms with van der Waals surface area (Å²) in [5, 5.41) is 13.4. The first kappa shape index (κ1) is 18.7. The van der Waals surface area contributed by atoms with Gasteiger partial charge in [-0.1, -0.05) is 36.4 Å². The summed E-state index contributed by atoms with van der Waals surface area (Å²) in [7, 11) is 0. The van der Waals surface area contributed by atoms with E-state index in [9.17, 15) is 4.79 Å². The SMILES string of the molecule is O=C(NCCCc1ccccc1)N1CCCC(c2nnc(-c3cccs3)o2)C1. The fourth-order valence-electron chi connectivity index (χ4n) is 3.51. The molecule has 0 radical (unpaired) electrons. The van der Waals surface area contributed by atoms with E-state index in [0.717, 1.165) is 37.1 Å². The normalized spacial score (nSPS) is 16.9. The number of carbonyl (C=O) groups is 1. The molecule has 28 heavy (non-hydrogen) atoms. The molecular weight excluding hydrogens is 372 g/mol. The number of thiophene rings is 1. The van der Waals surface area contributed by atoms with Gasteiger partial charge in [0, 0.05) is 19.6 Å². The van der Waals surface area contributed by atoms with Crippen LogP contribution in [-0.4, -0.2) is 40.8 Å². The first-order valence-electron chi connectivity index (χ1n) is 9.73. The minimum absolute atomic E-state index is 0.00393. The van der Waals surface area contributed by atoms with Crippen molar-refractivity contribution in [2.24, 2.45) is 0 Å². The fraction of sp³-hybridized carbons (Fsp3) is 0.381. The Morgan fingerprint density at radius 2 is 2.11 bits per heavy atom. The van der Waals surface area contributed by atoms with Crippen LogP contribution >= 0.6 is 11.3 Å². The Balaban J connectivity index is 1.27. The van der Waals surface area contributed by atoms with Crippen LogP contribution in [-0.2, 0) is 6.42 Å². The molecule has 0 saturated carbocycles. The van der Waals surface area contributed by atoms with E-state index in [0.29, 0.717) is 24.9 Å². The van der Waals surface area contributed by atoms with E-state index < -0.39 is 0 Å². The van der Waals surface area contributed by atoms with Gasteiger partial charge in [-0.15, -0.1) is 21.5 Å². The van der Waals surface area contributed by atoms with Crippen LogP contribution in [0.1, 0.15) is 36.6 Å². The van der Waals surface area contributed by atoms with Gasteiger partial charge in [-0.2, -0.15) is 0 Å². The van der Waals surface area contributed by atoms with Crippen LogP contribution in [0.2, 0.25) is 0 Å². The van der Waals surface area contributed by atoms with Crippen LogP contribution in [0.25, 0.3) is 10.8 Å². The van der Waals surface area contributed by atoms with Gasteiger partial charge in [-0.25, -0.2) is 4.79 Å². The molecule has 1 N–H and O–H groups in total. The van der Waals surface area contributed by atoms with Crippen molar-refractivity contribution in [3.63, 3.8) is 0 Å². The predicted octanol–water partition coefficient (Wildman–Crippen LogP) is 4.32. The number of hydrogen-bond donors (Lipinski definition) is 1. The van der Waals surface area contributed by atoms with Crippen LogP contribution in [0.15, 0.2) is 52.3 Å². The largest absolute Gasteiger partial charge is 0.420 e. The van der Waals surface area contributed by atoms with Gasteiger partial charge < -0.3 is 14.6 Å². The zero-order valence-corrected chi connectivity index (χ0v) is 16.5. The van der Waals surface area contributed by atoms with E-state index in [4.69, 9.17) is 4.42 Å². The van der Waals surface area contributed by atoms with Crippen molar-refractivity contribution < 1.29 is 9.21 Å². The lowest BCUT2D eigenvalue weighted by atomic mass is 9.98.